The fourth-order valence-electron chi connectivity index (χ4n) is 3.72. The van der Waals surface area contributed by atoms with Crippen molar-refractivity contribution in [3.63, 3.8) is 0 Å². The molecule has 5 heteroatoms. The first-order chi connectivity index (χ1) is 15.3. The zero-order valence-corrected chi connectivity index (χ0v) is 17.6. The average Bonchev–Trinajstić information content (AvgIpc) is 2.82. The van der Waals surface area contributed by atoms with Gasteiger partial charge in [-0.3, -0.25) is 4.79 Å². The number of anilines is 1. The van der Waals surface area contributed by atoms with Crippen molar-refractivity contribution in [3.05, 3.63) is 94.8 Å². The van der Waals surface area contributed by atoms with E-state index in [1.165, 1.54) is 18.4 Å². The highest BCUT2D eigenvalue weighted by molar-refractivity contribution is 5.94. The van der Waals surface area contributed by atoms with Crippen molar-refractivity contribution >= 4 is 16.5 Å². The molecular weight excluding hydrogens is 384 g/mol. The van der Waals surface area contributed by atoms with E-state index < -0.39 is 0 Å². The van der Waals surface area contributed by atoms with Gasteiger partial charge in [0.15, 0.2) is 0 Å². The van der Waals surface area contributed by atoms with E-state index in [0.717, 1.165) is 48.4 Å². The number of hydrogen-bond donors (Lipinski definition) is 3. The molecule has 0 aliphatic carbocycles. The quantitative estimate of drug-likeness (QED) is 0.322. The van der Waals surface area contributed by atoms with Crippen LogP contribution < -0.4 is 16.2 Å². The molecule has 0 fully saturated rings. The first kappa shape index (κ1) is 20.8. The summed E-state index contributed by atoms with van der Waals surface area (Å²) in [4.78, 5) is 12.0. The molecule has 0 amide bonds. The summed E-state index contributed by atoms with van der Waals surface area (Å²) in [6.45, 7) is 2.90. The molecule has 3 aromatic carbocycles. The topological polar surface area (TPSA) is 69.8 Å². The number of fused-ring (bicyclic) bond motifs is 1. The lowest BCUT2D eigenvalue weighted by molar-refractivity contribution is 0.610. The molecule has 0 spiro atoms. The Morgan fingerprint density at radius 2 is 1.55 bits per heavy atom. The van der Waals surface area contributed by atoms with Gasteiger partial charge in [-0.1, -0.05) is 67.1 Å². The van der Waals surface area contributed by atoms with Crippen molar-refractivity contribution in [3.8, 4) is 11.3 Å². The molecule has 5 nitrogen and oxygen atoms in total. The Labute approximate surface area is 182 Å². The van der Waals surface area contributed by atoms with E-state index in [1.807, 2.05) is 42.5 Å². The molecule has 4 rings (SSSR count). The van der Waals surface area contributed by atoms with Gasteiger partial charge >= 0.3 is 0 Å². The summed E-state index contributed by atoms with van der Waals surface area (Å²) >= 11 is 0. The number of aromatic amines is 1. The molecule has 31 heavy (non-hydrogen) atoms. The molecule has 0 saturated heterocycles. The summed E-state index contributed by atoms with van der Waals surface area (Å²) in [7, 11) is 0. The predicted octanol–water partition coefficient (Wildman–Crippen LogP) is 4.96. The largest absolute Gasteiger partial charge is 0.385 e. The molecule has 3 N–H and O–H groups in total. The number of benzene rings is 3. The van der Waals surface area contributed by atoms with Crippen LogP contribution in [-0.2, 0) is 6.54 Å². The molecule has 1 aromatic heterocycles. The number of nitrogens with one attached hydrogen (secondary N) is 3. The van der Waals surface area contributed by atoms with Crippen LogP contribution in [0, 0.1) is 0 Å². The Kier molecular flexibility index (Phi) is 7.08. The number of hydrogen-bond acceptors (Lipinski definition) is 4. The highest BCUT2D eigenvalue weighted by Crippen LogP contribution is 2.26. The van der Waals surface area contributed by atoms with Crippen molar-refractivity contribution < 1.29 is 0 Å². The van der Waals surface area contributed by atoms with Gasteiger partial charge in [0.25, 0.3) is 5.56 Å². The van der Waals surface area contributed by atoms with Crippen LogP contribution in [0.3, 0.4) is 0 Å². The second-order valence-corrected chi connectivity index (χ2v) is 7.68. The van der Waals surface area contributed by atoms with Crippen molar-refractivity contribution in [1.29, 1.82) is 0 Å². The molecule has 0 atom stereocenters. The predicted molar refractivity (Wildman–Crippen MR) is 128 cm³/mol. The average molecular weight is 413 g/mol. The maximum Gasteiger partial charge on any atom is 0.272 e. The van der Waals surface area contributed by atoms with Crippen LogP contribution >= 0.6 is 0 Å². The minimum Gasteiger partial charge on any atom is -0.385 e. The number of unbranched alkanes of at least 4 members (excludes halogenated alkanes) is 2. The Morgan fingerprint density at radius 3 is 2.42 bits per heavy atom. The Balaban J connectivity index is 1.25. The van der Waals surface area contributed by atoms with Gasteiger partial charge in [0.05, 0.1) is 11.1 Å². The van der Waals surface area contributed by atoms with E-state index in [2.05, 4.69) is 57.2 Å². The van der Waals surface area contributed by atoms with Gasteiger partial charge in [-0.25, -0.2) is 5.10 Å². The summed E-state index contributed by atoms with van der Waals surface area (Å²) in [5.41, 5.74) is 4.02. The van der Waals surface area contributed by atoms with Gasteiger partial charge in [-0.2, -0.15) is 5.10 Å². The van der Waals surface area contributed by atoms with Crippen LogP contribution in [0.4, 0.5) is 5.69 Å². The minimum absolute atomic E-state index is 0.160. The summed E-state index contributed by atoms with van der Waals surface area (Å²) < 4.78 is 0. The molecule has 0 unspecified atom stereocenters. The van der Waals surface area contributed by atoms with Gasteiger partial charge in [0.1, 0.15) is 0 Å². The third-order valence-electron chi connectivity index (χ3n) is 5.36. The van der Waals surface area contributed by atoms with Crippen molar-refractivity contribution in [2.75, 3.05) is 18.4 Å². The molecule has 0 aliphatic heterocycles. The molecule has 158 valence electrons. The Morgan fingerprint density at radius 1 is 0.774 bits per heavy atom. The van der Waals surface area contributed by atoms with Crippen LogP contribution in [0.5, 0.6) is 0 Å². The van der Waals surface area contributed by atoms with Gasteiger partial charge in [0.2, 0.25) is 0 Å². The summed E-state index contributed by atoms with van der Waals surface area (Å²) in [6, 6.07) is 26.3. The molecule has 4 aromatic rings. The number of H-pyrrole nitrogens is 1. The number of nitrogens with zero attached hydrogens (tertiary/aromatic N) is 1. The zero-order chi connectivity index (χ0) is 21.3. The van der Waals surface area contributed by atoms with E-state index >= 15 is 0 Å². The van der Waals surface area contributed by atoms with Gasteiger partial charge in [0, 0.05) is 29.7 Å². The van der Waals surface area contributed by atoms with Crippen LogP contribution in [0.2, 0.25) is 0 Å². The lowest BCUT2D eigenvalue weighted by atomic mass is 10.0. The Bertz CT molecular complexity index is 1170. The molecule has 0 bridgehead atoms. The molecule has 0 saturated carbocycles. The van der Waals surface area contributed by atoms with Crippen LogP contribution in [0.15, 0.2) is 83.7 Å². The number of aromatic nitrogens is 2. The van der Waals surface area contributed by atoms with Gasteiger partial charge < -0.3 is 10.6 Å². The maximum atomic E-state index is 12.0. The first-order valence-corrected chi connectivity index (χ1v) is 10.9. The fourth-order valence-corrected chi connectivity index (χ4v) is 3.72. The zero-order valence-electron chi connectivity index (χ0n) is 17.6. The van der Waals surface area contributed by atoms with Gasteiger partial charge in [-0.05, 0) is 43.1 Å². The molecular formula is C26H28N4O. The van der Waals surface area contributed by atoms with Crippen LogP contribution in [0.25, 0.3) is 22.0 Å². The Hall–Kier alpha value is -3.44. The van der Waals surface area contributed by atoms with Crippen molar-refractivity contribution in [1.82, 2.24) is 15.5 Å². The van der Waals surface area contributed by atoms with Gasteiger partial charge in [-0.15, -0.1) is 0 Å². The normalized spacial score (nSPS) is 11.0. The second kappa shape index (κ2) is 10.5. The summed E-state index contributed by atoms with van der Waals surface area (Å²) in [5, 5.41) is 15.5. The first-order valence-electron chi connectivity index (χ1n) is 10.9. The van der Waals surface area contributed by atoms with E-state index in [9.17, 15) is 4.79 Å². The SMILES string of the molecule is O=c1[nH]nc(-c2cccc(NCCCCCNCc3ccccc3)c2)c2ccccc12. The summed E-state index contributed by atoms with van der Waals surface area (Å²) in [5.74, 6) is 0. The lowest BCUT2D eigenvalue weighted by Crippen LogP contribution is -2.14. The minimum atomic E-state index is -0.160. The van der Waals surface area contributed by atoms with Crippen molar-refractivity contribution in [2.24, 2.45) is 0 Å². The lowest BCUT2D eigenvalue weighted by Gasteiger charge is -2.10. The summed E-state index contributed by atoms with van der Waals surface area (Å²) in [6.07, 6.45) is 3.47. The molecule has 1 heterocycles. The highest BCUT2D eigenvalue weighted by Gasteiger charge is 2.08. The van der Waals surface area contributed by atoms with Crippen LogP contribution in [-0.4, -0.2) is 23.3 Å². The second-order valence-electron chi connectivity index (χ2n) is 7.68. The van der Waals surface area contributed by atoms with E-state index in [0.29, 0.717) is 5.39 Å². The third-order valence-corrected chi connectivity index (χ3v) is 5.36. The number of rotatable bonds is 10. The monoisotopic (exact) mass is 412 g/mol. The van der Waals surface area contributed by atoms with E-state index in [4.69, 9.17) is 0 Å². The maximum absolute atomic E-state index is 12.0. The smallest absolute Gasteiger partial charge is 0.272 e. The van der Waals surface area contributed by atoms with Crippen LogP contribution in [0.1, 0.15) is 24.8 Å². The molecule has 0 radical (unpaired) electrons. The fraction of sp³-hybridized carbons (Fsp3) is 0.231. The highest BCUT2D eigenvalue weighted by atomic mass is 16.1. The van der Waals surface area contributed by atoms with E-state index in [1.54, 1.807) is 0 Å². The van der Waals surface area contributed by atoms with Crippen molar-refractivity contribution in [2.45, 2.75) is 25.8 Å². The standard InChI is InChI=1S/C26H28N4O/c31-26-24-15-6-5-14-23(24)25(29-30-26)21-12-9-13-22(18-21)28-17-8-2-7-16-27-19-20-10-3-1-4-11-20/h1,3-6,9-15,18,27-28H,2,7-8,16-17,19H2,(H,30,31). The van der Waals surface area contributed by atoms with E-state index in [-0.39, 0.29) is 5.56 Å². The third kappa shape index (κ3) is 5.58. The molecule has 0 aliphatic rings.